The number of carbonyl (C=O) groups excluding carboxylic acids is 1. The van der Waals surface area contributed by atoms with Gasteiger partial charge in [-0.15, -0.1) is 0 Å². The van der Waals surface area contributed by atoms with Crippen LogP contribution < -0.4 is 5.32 Å². The molecule has 1 aliphatic rings. The molecule has 0 radical (unpaired) electrons. The van der Waals surface area contributed by atoms with Crippen LogP contribution in [0.3, 0.4) is 0 Å². The Bertz CT molecular complexity index is 1640. The average molecular weight is 694 g/mol. The zero-order valence-corrected chi connectivity index (χ0v) is 31.3. The van der Waals surface area contributed by atoms with Gasteiger partial charge in [0.2, 0.25) is 0 Å². The molecule has 1 fully saturated rings. The molecule has 1 aliphatic heterocycles. The third-order valence-corrected chi connectivity index (χ3v) is 19.1. The minimum Gasteiger partial charge on any atom is -0.414 e. The molecule has 3 aromatic rings. The van der Waals surface area contributed by atoms with Crippen molar-refractivity contribution in [3.8, 4) is 0 Å². The Balaban J connectivity index is 1.79. The van der Waals surface area contributed by atoms with E-state index in [0.29, 0.717) is 16.7 Å². The summed E-state index contributed by atoms with van der Waals surface area (Å²) < 4.78 is 57.7. The number of nitrogens with zero attached hydrogens (tertiary/aromatic N) is 4. The molecule has 1 N–H and O–H groups in total. The molecule has 16 heteroatoms. The molecule has 2 aromatic heterocycles. The Morgan fingerprint density at radius 3 is 2.17 bits per heavy atom. The number of anilines is 1. The van der Waals surface area contributed by atoms with Gasteiger partial charge in [-0.3, -0.25) is 13.5 Å². The highest BCUT2D eigenvalue weighted by Gasteiger charge is 2.54. The quantitative estimate of drug-likeness (QED) is 0.247. The summed E-state index contributed by atoms with van der Waals surface area (Å²) in [7, 11) is -8.21. The van der Waals surface area contributed by atoms with E-state index < -0.39 is 51.6 Å². The van der Waals surface area contributed by atoms with Gasteiger partial charge >= 0.3 is 10.4 Å². The van der Waals surface area contributed by atoms with Crippen LogP contribution in [-0.4, -0.2) is 82.5 Å². The third-order valence-electron chi connectivity index (χ3n) is 9.27. The third kappa shape index (κ3) is 7.76. The van der Waals surface area contributed by atoms with Crippen LogP contribution in [-0.2, 0) is 32.4 Å². The second-order valence-electron chi connectivity index (χ2n) is 14.5. The molecule has 0 bridgehead atoms. The van der Waals surface area contributed by atoms with Crippen LogP contribution in [0.15, 0.2) is 43.0 Å². The van der Waals surface area contributed by atoms with Crippen LogP contribution in [0.25, 0.3) is 11.2 Å². The van der Waals surface area contributed by atoms with Crippen LogP contribution in [0, 0.1) is 0 Å². The molecule has 46 heavy (non-hydrogen) atoms. The molecular weight excluding hydrogens is 647 g/mol. The van der Waals surface area contributed by atoms with Crippen LogP contribution in [0.2, 0.25) is 36.3 Å². The van der Waals surface area contributed by atoms with Gasteiger partial charge in [0.25, 0.3) is 5.91 Å². The maximum atomic E-state index is 13.0. The first-order chi connectivity index (χ1) is 21.2. The van der Waals surface area contributed by atoms with Gasteiger partial charge < -0.3 is 18.9 Å². The summed E-state index contributed by atoms with van der Waals surface area (Å²) in [6.45, 7) is 21.0. The standard InChI is InChI=1S/C30H47N5O8SSi2/c1-29(2,3)45(8,9)40-17-21-23(42-44(37,38)39-7)24(43-46(10,11)30(4,5)6)28(41-21)35-19-33-22-25(31-18-32-26(22)35)34-27(36)20-15-13-12-14-16-20/h12-16,18-19,21,23-24,28H,17H2,1-11H3,(H,31,32,34,36)/t21-,23-,24-,28-/m1/s1. The van der Waals surface area contributed by atoms with E-state index in [9.17, 15) is 13.2 Å². The van der Waals surface area contributed by atoms with Gasteiger partial charge in [-0.05, 0) is 48.4 Å². The number of aromatic nitrogens is 4. The average Bonchev–Trinajstić information content (AvgIpc) is 3.52. The largest absolute Gasteiger partial charge is 0.414 e. The summed E-state index contributed by atoms with van der Waals surface area (Å²) in [5.41, 5.74) is 1.13. The van der Waals surface area contributed by atoms with Gasteiger partial charge in [-0.2, -0.15) is 8.42 Å². The number of benzene rings is 1. The summed E-state index contributed by atoms with van der Waals surface area (Å²) in [5.74, 6) is -0.141. The van der Waals surface area contributed by atoms with Crippen molar-refractivity contribution in [3.63, 3.8) is 0 Å². The zero-order chi connectivity index (χ0) is 34.3. The molecule has 0 unspecified atom stereocenters. The SMILES string of the molecule is COS(=O)(=O)O[C@H]1[C@@H](O[Si](C)(C)C(C)(C)C)[C@H](n2cnc3c(NC(=O)c4ccccc4)ncnc32)O[C@@H]1CO[Si](C)(C)C(C)(C)C. The number of imidazole rings is 1. The normalized spacial score (nSPS) is 21.5. The molecule has 0 saturated carbocycles. The number of ether oxygens (including phenoxy) is 1. The number of nitrogens with one attached hydrogen (secondary N) is 1. The molecular formula is C30H47N5O8SSi2. The van der Waals surface area contributed by atoms with Crippen LogP contribution in [0.1, 0.15) is 58.1 Å². The van der Waals surface area contributed by atoms with E-state index in [1.807, 2.05) is 6.07 Å². The fourth-order valence-electron chi connectivity index (χ4n) is 4.41. The van der Waals surface area contributed by atoms with Crippen molar-refractivity contribution in [1.82, 2.24) is 19.5 Å². The lowest BCUT2D eigenvalue weighted by Crippen LogP contribution is -2.50. The summed E-state index contributed by atoms with van der Waals surface area (Å²) in [5, 5.41) is 2.48. The first-order valence-electron chi connectivity index (χ1n) is 15.2. The van der Waals surface area contributed by atoms with E-state index in [2.05, 4.69) is 88.0 Å². The van der Waals surface area contributed by atoms with Crippen LogP contribution in [0.4, 0.5) is 5.82 Å². The molecule has 254 valence electrons. The molecule has 4 rings (SSSR count). The van der Waals surface area contributed by atoms with Gasteiger partial charge in [-0.1, -0.05) is 59.7 Å². The van der Waals surface area contributed by atoms with E-state index in [4.69, 9.17) is 22.0 Å². The summed E-state index contributed by atoms with van der Waals surface area (Å²) in [6, 6.07) is 8.76. The van der Waals surface area contributed by atoms with E-state index in [0.717, 1.165) is 7.11 Å². The Kier molecular flexibility index (Phi) is 10.4. The topological polar surface area (TPSA) is 153 Å². The summed E-state index contributed by atoms with van der Waals surface area (Å²) in [6.07, 6.45) is -0.976. The molecule has 0 spiro atoms. The number of rotatable bonds is 11. The Morgan fingerprint density at radius 2 is 1.59 bits per heavy atom. The summed E-state index contributed by atoms with van der Waals surface area (Å²) in [4.78, 5) is 26.2. The molecule has 1 saturated heterocycles. The van der Waals surface area contributed by atoms with Crippen molar-refractivity contribution >= 4 is 49.9 Å². The fraction of sp³-hybridized carbons (Fsp3) is 0.600. The van der Waals surface area contributed by atoms with E-state index in [-0.39, 0.29) is 28.4 Å². The molecule has 0 aliphatic carbocycles. The van der Waals surface area contributed by atoms with Crippen molar-refractivity contribution in [2.45, 2.75) is 102 Å². The molecule has 1 amide bonds. The molecule has 13 nitrogen and oxygen atoms in total. The molecule has 4 atom stereocenters. The lowest BCUT2D eigenvalue weighted by atomic mass is 10.1. The molecule has 3 heterocycles. The fourth-order valence-corrected chi connectivity index (χ4v) is 7.29. The smallest absolute Gasteiger partial charge is 0.400 e. The van der Waals surface area contributed by atoms with E-state index in [1.165, 1.54) is 12.7 Å². The second-order valence-corrected chi connectivity index (χ2v) is 25.4. The van der Waals surface area contributed by atoms with E-state index >= 15 is 0 Å². The van der Waals surface area contributed by atoms with Gasteiger partial charge in [0.15, 0.2) is 39.8 Å². The minimum atomic E-state index is -4.41. The van der Waals surface area contributed by atoms with Crippen molar-refractivity contribution in [1.29, 1.82) is 0 Å². The maximum absolute atomic E-state index is 13.0. The van der Waals surface area contributed by atoms with Gasteiger partial charge in [0.1, 0.15) is 24.6 Å². The molecule has 1 aromatic carbocycles. The van der Waals surface area contributed by atoms with Crippen LogP contribution in [0.5, 0.6) is 0 Å². The predicted molar refractivity (Wildman–Crippen MR) is 180 cm³/mol. The van der Waals surface area contributed by atoms with Crippen LogP contribution >= 0.6 is 0 Å². The number of hydrogen-bond acceptors (Lipinski definition) is 11. The van der Waals surface area contributed by atoms with Crippen molar-refractivity contribution < 1.29 is 35.2 Å². The van der Waals surface area contributed by atoms with Gasteiger partial charge in [0.05, 0.1) is 20.0 Å². The predicted octanol–water partition coefficient (Wildman–Crippen LogP) is 5.66. The maximum Gasteiger partial charge on any atom is 0.400 e. The van der Waals surface area contributed by atoms with Crippen molar-refractivity contribution in [2.24, 2.45) is 0 Å². The highest BCUT2D eigenvalue weighted by molar-refractivity contribution is 7.81. The Hall–Kier alpha value is -2.58. The van der Waals surface area contributed by atoms with Gasteiger partial charge in [-0.25, -0.2) is 19.1 Å². The van der Waals surface area contributed by atoms with Crippen molar-refractivity contribution in [3.05, 3.63) is 48.5 Å². The number of amides is 1. The first kappa shape index (κ1) is 36.3. The lowest BCUT2D eigenvalue weighted by Gasteiger charge is -2.40. The van der Waals surface area contributed by atoms with Crippen molar-refractivity contribution in [2.75, 3.05) is 19.0 Å². The lowest BCUT2D eigenvalue weighted by molar-refractivity contribution is -0.0468. The van der Waals surface area contributed by atoms with E-state index in [1.54, 1.807) is 28.8 Å². The first-order valence-corrected chi connectivity index (χ1v) is 22.3. The number of carbonyl (C=O) groups is 1. The number of fused-ring (bicyclic) bond motifs is 1. The highest BCUT2D eigenvalue weighted by Crippen LogP contribution is 2.44. The second kappa shape index (κ2) is 13.1. The summed E-state index contributed by atoms with van der Waals surface area (Å²) >= 11 is 0. The number of hydrogen-bond donors (Lipinski definition) is 1. The van der Waals surface area contributed by atoms with Gasteiger partial charge in [0, 0.05) is 5.56 Å². The Morgan fingerprint density at radius 1 is 0.957 bits per heavy atom. The highest BCUT2D eigenvalue weighted by atomic mass is 32.3. The zero-order valence-electron chi connectivity index (χ0n) is 28.5. The Labute approximate surface area is 274 Å². The minimum absolute atomic E-state index is 0.0637. The monoisotopic (exact) mass is 693 g/mol.